The second-order valence-corrected chi connectivity index (χ2v) is 9.20. The van der Waals surface area contributed by atoms with Crippen molar-refractivity contribution in [3.05, 3.63) is 41.5 Å². The average molecular weight is 378 g/mol. The van der Waals surface area contributed by atoms with Crippen molar-refractivity contribution in [1.82, 2.24) is 9.21 Å². The van der Waals surface area contributed by atoms with E-state index >= 15 is 0 Å². The molecule has 1 amide bonds. The quantitative estimate of drug-likeness (QED) is 0.841. The van der Waals surface area contributed by atoms with Crippen LogP contribution in [-0.4, -0.2) is 65.7 Å². The monoisotopic (exact) mass is 378 g/mol. The number of likely N-dealkylation sites (tertiary alicyclic amines) is 1. The third-order valence-corrected chi connectivity index (χ3v) is 7.55. The average Bonchev–Trinajstić information content (AvgIpc) is 2.54. The first-order valence-electron chi connectivity index (χ1n) is 8.92. The van der Waals surface area contributed by atoms with Gasteiger partial charge in [-0.15, -0.1) is 0 Å². The molecule has 142 valence electrons. The summed E-state index contributed by atoms with van der Waals surface area (Å²) in [6.45, 7) is 5.57. The molecule has 1 N–H and O–H groups in total. The maximum absolute atomic E-state index is 12.7. The van der Waals surface area contributed by atoms with Crippen LogP contribution in [0.2, 0.25) is 0 Å². The molecular weight excluding hydrogens is 352 g/mol. The lowest BCUT2D eigenvalue weighted by Gasteiger charge is -2.69. The molecule has 1 spiro atoms. The number of allylic oxidation sites excluding steroid dienone is 1. The Labute approximate surface area is 155 Å². The fourth-order valence-corrected chi connectivity index (χ4v) is 6.06. The molecule has 0 aliphatic carbocycles. The smallest absolute Gasteiger partial charge is 0.219 e. The van der Waals surface area contributed by atoms with E-state index in [-0.39, 0.29) is 24.2 Å². The van der Waals surface area contributed by atoms with Crippen molar-refractivity contribution >= 4 is 22.0 Å². The number of carbonyl (C=O) groups excluding carboxylic acids is 1. The van der Waals surface area contributed by atoms with Crippen LogP contribution in [-0.2, 0) is 14.8 Å². The fraction of sp³-hybridized carbons (Fsp3) is 0.526. The molecule has 2 aliphatic heterocycles. The Morgan fingerprint density at radius 3 is 2.38 bits per heavy atom. The summed E-state index contributed by atoms with van der Waals surface area (Å²) in [5, 5.41) is 9.91. The van der Waals surface area contributed by atoms with Crippen LogP contribution in [0.3, 0.4) is 0 Å². The Balaban J connectivity index is 1.98. The van der Waals surface area contributed by atoms with E-state index in [9.17, 15) is 18.3 Å². The minimum atomic E-state index is -3.47. The molecule has 26 heavy (non-hydrogen) atoms. The first-order valence-corrected chi connectivity index (χ1v) is 10.5. The summed E-state index contributed by atoms with van der Waals surface area (Å²) >= 11 is 0. The molecule has 1 aromatic carbocycles. The van der Waals surface area contributed by atoms with E-state index in [2.05, 4.69) is 0 Å². The topological polar surface area (TPSA) is 77.9 Å². The summed E-state index contributed by atoms with van der Waals surface area (Å²) in [6.07, 6.45) is 3.96. The molecule has 2 heterocycles. The van der Waals surface area contributed by atoms with Crippen LogP contribution in [0.1, 0.15) is 37.8 Å². The van der Waals surface area contributed by atoms with Gasteiger partial charge in [-0.2, -0.15) is 4.31 Å². The van der Waals surface area contributed by atoms with Crippen molar-refractivity contribution in [3.63, 3.8) is 0 Å². The zero-order valence-electron chi connectivity index (χ0n) is 15.4. The number of amides is 1. The Hall–Kier alpha value is -1.70. The van der Waals surface area contributed by atoms with E-state index in [1.54, 1.807) is 11.8 Å². The molecule has 6 nitrogen and oxygen atoms in total. The van der Waals surface area contributed by atoms with E-state index in [0.29, 0.717) is 13.1 Å². The minimum Gasteiger partial charge on any atom is -0.395 e. The highest BCUT2D eigenvalue weighted by molar-refractivity contribution is 7.89. The van der Waals surface area contributed by atoms with Crippen molar-refractivity contribution in [1.29, 1.82) is 0 Å². The molecule has 0 radical (unpaired) electrons. The molecule has 0 saturated carbocycles. The number of benzene rings is 1. The summed E-state index contributed by atoms with van der Waals surface area (Å²) in [4.78, 5) is 13.4. The molecule has 0 unspecified atom stereocenters. The van der Waals surface area contributed by atoms with Crippen LogP contribution in [0.25, 0.3) is 6.08 Å². The van der Waals surface area contributed by atoms with Gasteiger partial charge < -0.3 is 10.0 Å². The molecule has 2 fully saturated rings. The predicted octanol–water partition coefficient (Wildman–Crippen LogP) is 1.43. The molecular formula is C19H26N2O4S. The first kappa shape index (κ1) is 19.1. The van der Waals surface area contributed by atoms with Gasteiger partial charge in [0.15, 0.2) is 0 Å². The van der Waals surface area contributed by atoms with Gasteiger partial charge in [0.1, 0.15) is 0 Å². The fourth-order valence-electron chi connectivity index (χ4n) is 4.39. The highest BCUT2D eigenvalue weighted by atomic mass is 32.2. The Morgan fingerprint density at radius 1 is 1.31 bits per heavy atom. The number of carbonyl (C=O) groups is 1. The van der Waals surface area contributed by atoms with Crippen LogP contribution >= 0.6 is 0 Å². The largest absolute Gasteiger partial charge is 0.395 e. The Kier molecular flexibility index (Phi) is 4.98. The van der Waals surface area contributed by atoms with E-state index in [1.165, 1.54) is 11.2 Å². The van der Waals surface area contributed by atoms with Crippen molar-refractivity contribution in [2.45, 2.75) is 38.3 Å². The highest BCUT2D eigenvalue weighted by Crippen LogP contribution is 2.55. The van der Waals surface area contributed by atoms with Crippen LogP contribution in [0.15, 0.2) is 30.3 Å². The summed E-state index contributed by atoms with van der Waals surface area (Å²) in [5.74, 6) is -0.193. The lowest BCUT2D eigenvalue weighted by atomic mass is 9.63. The number of sulfonamides is 1. The number of aliphatic hydroxyl groups is 1. The lowest BCUT2D eigenvalue weighted by Crippen LogP contribution is -2.85. The summed E-state index contributed by atoms with van der Waals surface area (Å²) < 4.78 is 26.8. The van der Waals surface area contributed by atoms with Crippen LogP contribution in [0.4, 0.5) is 0 Å². The normalized spacial score (nSPS) is 25.3. The van der Waals surface area contributed by atoms with Gasteiger partial charge in [0, 0.05) is 25.9 Å². The van der Waals surface area contributed by atoms with Gasteiger partial charge in [-0.05, 0) is 25.0 Å². The number of hydrogen-bond donors (Lipinski definition) is 1. The maximum Gasteiger partial charge on any atom is 0.219 e. The van der Waals surface area contributed by atoms with Crippen LogP contribution in [0.5, 0.6) is 0 Å². The number of rotatable bonds is 5. The Bertz CT molecular complexity index is 810. The number of hydrogen-bond acceptors (Lipinski definition) is 4. The summed E-state index contributed by atoms with van der Waals surface area (Å²) in [6, 6.07) is 7.50. The second kappa shape index (κ2) is 6.79. The van der Waals surface area contributed by atoms with Crippen LogP contribution in [0, 0.1) is 0 Å². The van der Waals surface area contributed by atoms with Gasteiger partial charge in [-0.25, -0.2) is 8.42 Å². The molecule has 0 aromatic heterocycles. The van der Waals surface area contributed by atoms with Gasteiger partial charge in [-0.3, -0.25) is 4.79 Å². The third-order valence-electron chi connectivity index (χ3n) is 5.58. The SMILES string of the molecule is C/C=C/c1ccc([C@@H]2[C@H](CO)N(S(=O)(=O)CC)C23CN(C(C)=O)C3)cc1. The van der Waals surface area contributed by atoms with Gasteiger partial charge in [0.05, 0.1) is 23.9 Å². The lowest BCUT2D eigenvalue weighted by molar-refractivity contribution is -0.165. The summed E-state index contributed by atoms with van der Waals surface area (Å²) in [7, 11) is -3.47. The zero-order valence-corrected chi connectivity index (χ0v) is 16.2. The van der Waals surface area contributed by atoms with E-state index in [0.717, 1.165) is 11.1 Å². The van der Waals surface area contributed by atoms with Gasteiger partial charge in [-0.1, -0.05) is 36.4 Å². The van der Waals surface area contributed by atoms with Crippen molar-refractivity contribution in [2.24, 2.45) is 0 Å². The van der Waals surface area contributed by atoms with E-state index < -0.39 is 21.6 Å². The molecule has 7 heteroatoms. The summed E-state index contributed by atoms with van der Waals surface area (Å²) in [5.41, 5.74) is 1.43. The zero-order chi connectivity index (χ0) is 19.1. The van der Waals surface area contributed by atoms with Gasteiger partial charge in [0.2, 0.25) is 15.9 Å². The Morgan fingerprint density at radius 2 is 1.92 bits per heavy atom. The second-order valence-electron chi connectivity index (χ2n) is 7.07. The maximum atomic E-state index is 12.7. The van der Waals surface area contributed by atoms with Crippen molar-refractivity contribution in [3.8, 4) is 0 Å². The highest BCUT2D eigenvalue weighted by Gasteiger charge is 2.69. The molecule has 0 bridgehead atoms. The number of aliphatic hydroxyl groups excluding tert-OH is 1. The van der Waals surface area contributed by atoms with E-state index in [4.69, 9.17) is 0 Å². The molecule has 3 rings (SSSR count). The van der Waals surface area contributed by atoms with Crippen LogP contribution < -0.4 is 0 Å². The van der Waals surface area contributed by atoms with E-state index in [1.807, 2.05) is 43.3 Å². The van der Waals surface area contributed by atoms with Crippen molar-refractivity contribution in [2.75, 3.05) is 25.4 Å². The van der Waals surface area contributed by atoms with Gasteiger partial charge in [0.25, 0.3) is 0 Å². The van der Waals surface area contributed by atoms with Crippen molar-refractivity contribution < 1.29 is 18.3 Å². The third kappa shape index (κ3) is 2.78. The number of nitrogens with zero attached hydrogens (tertiary/aromatic N) is 2. The molecule has 2 aliphatic rings. The standard InChI is InChI=1S/C19H26N2O4S/c1-4-6-15-7-9-16(10-8-15)18-17(11-22)21(26(24,25)5-2)19(18)12-20(13-19)14(3)23/h4,6-10,17-18,22H,5,11-13H2,1-3H3/b6-4+/t17-,18+/m0/s1. The molecule has 2 atom stereocenters. The first-order chi connectivity index (χ1) is 12.3. The van der Waals surface area contributed by atoms with Gasteiger partial charge >= 0.3 is 0 Å². The minimum absolute atomic E-state index is 0.0156. The predicted molar refractivity (Wildman–Crippen MR) is 101 cm³/mol. The molecule has 1 aromatic rings. The molecule has 2 saturated heterocycles.